The van der Waals surface area contributed by atoms with Crippen LogP contribution >= 0.6 is 0 Å². The number of hydrogen-bond donors (Lipinski definition) is 2. The first kappa shape index (κ1) is 10.9. The van der Waals surface area contributed by atoms with E-state index in [1.54, 1.807) is 20.8 Å². The number of hydrogen-bond acceptors (Lipinski definition) is 4. The van der Waals surface area contributed by atoms with Crippen LogP contribution in [-0.2, 0) is 9.53 Å². The largest absolute Gasteiger partial charge is 0.444 e. The van der Waals surface area contributed by atoms with Gasteiger partial charge in [0.25, 0.3) is 5.91 Å². The molecule has 0 aliphatic carbocycles. The fourth-order valence-corrected chi connectivity index (χ4v) is 0.457. The number of alkyl carbamates (subject to hydrolysis) is 1. The minimum atomic E-state index is -0.846. The van der Waals surface area contributed by atoms with Crippen molar-refractivity contribution >= 4 is 12.0 Å². The van der Waals surface area contributed by atoms with Gasteiger partial charge in [-0.1, -0.05) is 0 Å². The first-order valence-electron chi connectivity index (χ1n) is 3.49. The molecule has 0 heterocycles. The van der Waals surface area contributed by atoms with E-state index in [9.17, 15) is 9.59 Å². The first-order chi connectivity index (χ1) is 5.35. The molecule has 0 aromatic heterocycles. The molecule has 0 unspecified atom stereocenters. The molecule has 5 heteroatoms. The topological polar surface area (TPSA) is 75.6 Å². The quantitative estimate of drug-likeness (QED) is 0.589. The number of rotatable bonds is 1. The fourth-order valence-electron chi connectivity index (χ4n) is 0.457. The zero-order valence-electron chi connectivity index (χ0n) is 7.38. The summed E-state index contributed by atoms with van der Waals surface area (Å²) in [6.07, 6.45) is -0.846. The third-order valence-electron chi connectivity index (χ3n) is 0.784. The highest BCUT2D eigenvalue weighted by atomic mass is 16.6. The zero-order valence-corrected chi connectivity index (χ0v) is 7.38. The van der Waals surface area contributed by atoms with Crippen molar-refractivity contribution in [1.82, 2.24) is 5.32 Å². The van der Waals surface area contributed by atoms with Gasteiger partial charge in [-0.05, 0) is 20.8 Å². The van der Waals surface area contributed by atoms with Crippen molar-refractivity contribution in [3.63, 3.8) is 0 Å². The predicted molar refractivity (Wildman–Crippen MR) is 41.5 cm³/mol. The van der Waals surface area contributed by atoms with Crippen molar-refractivity contribution < 1.29 is 19.4 Å². The van der Waals surface area contributed by atoms with Gasteiger partial charge in [-0.2, -0.15) is 0 Å². The van der Waals surface area contributed by atoms with Crippen LogP contribution in [0.2, 0.25) is 0 Å². The lowest BCUT2D eigenvalue weighted by molar-refractivity contribution is -0.123. The van der Waals surface area contributed by atoms with E-state index in [0.717, 1.165) is 0 Å². The maximum Gasteiger partial charge on any atom is 0.414 e. The van der Waals surface area contributed by atoms with Crippen molar-refractivity contribution in [2.45, 2.75) is 26.4 Å². The van der Waals surface area contributed by atoms with E-state index in [1.165, 1.54) is 0 Å². The molecular weight excluding hydrogens is 162 g/mol. The minimum Gasteiger partial charge on any atom is -0.444 e. The van der Waals surface area contributed by atoms with Crippen molar-refractivity contribution in [3.05, 3.63) is 0 Å². The molecule has 0 aromatic carbocycles. The molecular formula is C7H13NO4. The highest BCUT2D eigenvalue weighted by Crippen LogP contribution is 2.05. The summed E-state index contributed by atoms with van der Waals surface area (Å²) in [6.45, 7) is 4.31. The molecule has 12 heavy (non-hydrogen) atoms. The van der Waals surface area contributed by atoms with Crippen molar-refractivity contribution in [3.8, 4) is 0 Å². The van der Waals surface area contributed by atoms with E-state index >= 15 is 0 Å². The van der Waals surface area contributed by atoms with E-state index < -0.39 is 24.2 Å². The van der Waals surface area contributed by atoms with Gasteiger partial charge in [0.1, 0.15) is 12.2 Å². The summed E-state index contributed by atoms with van der Waals surface area (Å²) in [5.74, 6) is -0.774. The average Bonchev–Trinajstić information content (AvgIpc) is 1.82. The Balaban J connectivity index is 3.83. The number of nitrogens with one attached hydrogen (secondary N) is 1. The number of ether oxygens (including phenoxy) is 1. The molecule has 0 atom stereocenters. The Morgan fingerprint density at radius 2 is 1.92 bits per heavy atom. The predicted octanol–water partition coefficient (Wildman–Crippen LogP) is 0.0300. The Bertz CT molecular complexity index is 182. The van der Waals surface area contributed by atoms with Crippen LogP contribution in [0.25, 0.3) is 0 Å². The molecule has 0 aliphatic rings. The number of carbonyl (C=O) groups is 2. The highest BCUT2D eigenvalue weighted by molar-refractivity contribution is 5.92. The van der Waals surface area contributed by atoms with Crippen molar-refractivity contribution in [1.29, 1.82) is 0 Å². The number of amides is 2. The van der Waals surface area contributed by atoms with Gasteiger partial charge in [0.05, 0.1) is 0 Å². The Labute approximate surface area is 70.7 Å². The maximum absolute atomic E-state index is 10.8. The van der Waals surface area contributed by atoms with Crippen molar-refractivity contribution in [2.75, 3.05) is 6.61 Å². The second kappa shape index (κ2) is 4.06. The van der Waals surface area contributed by atoms with Crippen molar-refractivity contribution in [2.24, 2.45) is 0 Å². The second-order valence-corrected chi connectivity index (χ2v) is 3.21. The molecule has 0 radical (unpaired) electrons. The molecule has 2 amide bonds. The Morgan fingerprint density at radius 3 is 2.25 bits per heavy atom. The van der Waals surface area contributed by atoms with Crippen LogP contribution in [0.5, 0.6) is 0 Å². The van der Waals surface area contributed by atoms with Gasteiger partial charge in [-0.15, -0.1) is 0 Å². The lowest BCUT2D eigenvalue weighted by atomic mass is 10.2. The van der Waals surface area contributed by atoms with Gasteiger partial charge in [0.15, 0.2) is 0 Å². The standard InChI is InChI=1S/C7H13NO4/c1-7(2,3)12-6(11)8-5(10)4-9/h9H,4H2,1-3H3,(H,8,10,11). The molecule has 0 fully saturated rings. The molecule has 0 aliphatic heterocycles. The molecule has 70 valence electrons. The lowest BCUT2D eigenvalue weighted by Gasteiger charge is -2.18. The number of imide groups is 1. The summed E-state index contributed by atoms with van der Waals surface area (Å²) in [4.78, 5) is 21.2. The number of aliphatic hydroxyl groups is 1. The van der Waals surface area contributed by atoms with Crippen LogP contribution in [0.3, 0.4) is 0 Å². The molecule has 0 bridgehead atoms. The molecule has 0 spiro atoms. The third-order valence-corrected chi connectivity index (χ3v) is 0.784. The summed E-state index contributed by atoms with van der Waals surface area (Å²) >= 11 is 0. The van der Waals surface area contributed by atoms with Crippen LogP contribution in [0.15, 0.2) is 0 Å². The Hall–Kier alpha value is -1.10. The smallest absolute Gasteiger partial charge is 0.414 e. The first-order valence-corrected chi connectivity index (χ1v) is 3.49. The molecule has 5 nitrogen and oxygen atoms in total. The highest BCUT2D eigenvalue weighted by Gasteiger charge is 2.17. The summed E-state index contributed by atoms with van der Waals surface area (Å²) < 4.78 is 4.73. The lowest BCUT2D eigenvalue weighted by Crippen LogP contribution is -2.37. The van der Waals surface area contributed by atoms with Gasteiger partial charge in [0, 0.05) is 0 Å². The van der Waals surface area contributed by atoms with Gasteiger partial charge in [0.2, 0.25) is 0 Å². The number of carbonyl (C=O) groups excluding carboxylic acids is 2. The molecule has 0 saturated heterocycles. The second-order valence-electron chi connectivity index (χ2n) is 3.21. The Kier molecular flexibility index (Phi) is 3.69. The van der Waals surface area contributed by atoms with Crippen LogP contribution in [0.4, 0.5) is 4.79 Å². The zero-order chi connectivity index (χ0) is 9.78. The van der Waals surface area contributed by atoms with E-state index in [1.807, 2.05) is 5.32 Å². The van der Waals surface area contributed by atoms with Crippen LogP contribution in [0.1, 0.15) is 20.8 Å². The molecule has 0 aromatic rings. The van der Waals surface area contributed by atoms with Gasteiger partial charge < -0.3 is 9.84 Å². The maximum atomic E-state index is 10.8. The molecule has 0 rings (SSSR count). The fraction of sp³-hybridized carbons (Fsp3) is 0.714. The summed E-state index contributed by atoms with van der Waals surface area (Å²) in [5.41, 5.74) is -0.639. The van der Waals surface area contributed by atoms with E-state index in [4.69, 9.17) is 9.84 Å². The van der Waals surface area contributed by atoms with E-state index in [0.29, 0.717) is 0 Å². The van der Waals surface area contributed by atoms with E-state index in [-0.39, 0.29) is 0 Å². The van der Waals surface area contributed by atoms with Gasteiger partial charge in [-0.25, -0.2) is 4.79 Å². The summed E-state index contributed by atoms with van der Waals surface area (Å²) in [7, 11) is 0. The summed E-state index contributed by atoms with van der Waals surface area (Å²) in [5, 5.41) is 10.1. The molecule has 0 saturated carbocycles. The SMILES string of the molecule is CC(C)(C)OC(=O)NC(=O)CO. The number of aliphatic hydroxyl groups excluding tert-OH is 1. The normalized spacial score (nSPS) is 10.7. The average molecular weight is 175 g/mol. The summed E-state index contributed by atoms with van der Waals surface area (Å²) in [6, 6.07) is 0. The van der Waals surface area contributed by atoms with Gasteiger partial charge in [-0.3, -0.25) is 10.1 Å². The van der Waals surface area contributed by atoms with Gasteiger partial charge >= 0.3 is 6.09 Å². The van der Waals surface area contributed by atoms with Crippen LogP contribution in [0, 0.1) is 0 Å². The molecule has 2 N–H and O–H groups in total. The van der Waals surface area contributed by atoms with Crippen LogP contribution in [-0.4, -0.2) is 29.3 Å². The monoisotopic (exact) mass is 175 g/mol. The third kappa shape index (κ3) is 5.67. The minimum absolute atomic E-state index is 0.639. The van der Waals surface area contributed by atoms with E-state index in [2.05, 4.69) is 0 Å². The Morgan fingerprint density at radius 1 is 1.42 bits per heavy atom. The van der Waals surface area contributed by atoms with Crippen LogP contribution < -0.4 is 5.32 Å².